The van der Waals surface area contributed by atoms with Gasteiger partial charge in [-0.2, -0.15) is 0 Å². The molecule has 0 radical (unpaired) electrons. The molecule has 4 heteroatoms. The number of hydrogen-bond donors (Lipinski definition) is 2. The lowest BCUT2D eigenvalue weighted by molar-refractivity contribution is -0.201. The first-order valence-corrected chi connectivity index (χ1v) is 10.2. The Kier molecular flexibility index (Phi) is 4.05. The van der Waals surface area contributed by atoms with Crippen LogP contribution in [0.3, 0.4) is 0 Å². The fourth-order valence-corrected chi connectivity index (χ4v) is 8.40. The van der Waals surface area contributed by atoms with Crippen LogP contribution in [0, 0.1) is 39.9 Å². The summed E-state index contributed by atoms with van der Waals surface area (Å²) in [5, 5.41) is 21.0. The Morgan fingerprint density at radius 1 is 1.20 bits per heavy atom. The Balaban J connectivity index is 1.74. The fourth-order valence-electron chi connectivity index (χ4n) is 8.40. The molecule has 4 saturated carbocycles. The van der Waals surface area contributed by atoms with Crippen molar-refractivity contribution in [1.29, 1.82) is 0 Å². The number of aliphatic hydroxyl groups excluding tert-OH is 2. The van der Waals surface area contributed by atoms with Gasteiger partial charge in [-0.3, -0.25) is 4.79 Å². The molecule has 0 heterocycles. The van der Waals surface area contributed by atoms with Gasteiger partial charge in [-0.1, -0.05) is 13.3 Å². The second-order valence-electron chi connectivity index (χ2n) is 10.1. The average Bonchev–Trinajstić information content (AvgIpc) is 2.84. The minimum Gasteiger partial charge on any atom is -0.469 e. The summed E-state index contributed by atoms with van der Waals surface area (Å²) in [7, 11) is 1.51. The molecule has 0 aliphatic heterocycles. The average molecular weight is 350 g/mol. The topological polar surface area (TPSA) is 66.8 Å². The molecular weight excluding hydrogens is 316 g/mol. The van der Waals surface area contributed by atoms with E-state index in [0.29, 0.717) is 11.8 Å². The third-order valence-corrected chi connectivity index (χ3v) is 9.10. The number of fused-ring (bicyclic) bond motifs is 3. The predicted octanol–water partition coefficient (Wildman–Crippen LogP) is 3.15. The van der Waals surface area contributed by atoms with Gasteiger partial charge in [0.05, 0.1) is 18.6 Å². The summed E-state index contributed by atoms with van der Waals surface area (Å²) in [6, 6.07) is 0. The summed E-state index contributed by atoms with van der Waals surface area (Å²) in [6.45, 7) is 4.70. The zero-order valence-corrected chi connectivity index (χ0v) is 16.0. The first-order chi connectivity index (χ1) is 11.8. The van der Waals surface area contributed by atoms with Crippen molar-refractivity contribution in [2.75, 3.05) is 13.7 Å². The lowest BCUT2D eigenvalue weighted by Gasteiger charge is -2.64. The van der Waals surface area contributed by atoms with Crippen LogP contribution in [0.25, 0.3) is 0 Å². The monoisotopic (exact) mass is 350 g/mol. The van der Waals surface area contributed by atoms with E-state index in [1.54, 1.807) is 0 Å². The lowest BCUT2D eigenvalue weighted by atomic mass is 9.40. The Morgan fingerprint density at radius 3 is 2.64 bits per heavy atom. The van der Waals surface area contributed by atoms with Gasteiger partial charge in [0.25, 0.3) is 0 Å². The van der Waals surface area contributed by atoms with E-state index < -0.39 is 5.41 Å². The first-order valence-electron chi connectivity index (χ1n) is 10.2. The molecule has 4 fully saturated rings. The van der Waals surface area contributed by atoms with Crippen molar-refractivity contribution >= 4 is 5.97 Å². The van der Waals surface area contributed by atoms with Gasteiger partial charge in [0, 0.05) is 6.61 Å². The van der Waals surface area contributed by atoms with E-state index in [9.17, 15) is 15.0 Å². The van der Waals surface area contributed by atoms with Gasteiger partial charge >= 0.3 is 5.97 Å². The van der Waals surface area contributed by atoms with Gasteiger partial charge in [-0.25, -0.2) is 0 Å². The van der Waals surface area contributed by atoms with Crippen LogP contribution in [0.2, 0.25) is 0 Å². The van der Waals surface area contributed by atoms with Crippen molar-refractivity contribution in [1.82, 2.24) is 0 Å². The Hall–Kier alpha value is -0.610. The molecule has 4 rings (SSSR count). The van der Waals surface area contributed by atoms with Crippen LogP contribution in [0.5, 0.6) is 0 Å². The molecule has 142 valence electrons. The van der Waals surface area contributed by atoms with Crippen molar-refractivity contribution in [2.45, 2.75) is 71.3 Å². The second kappa shape index (κ2) is 5.69. The molecule has 0 aromatic rings. The highest BCUT2D eigenvalue weighted by atomic mass is 16.5. The van der Waals surface area contributed by atoms with Crippen molar-refractivity contribution in [2.24, 2.45) is 39.9 Å². The van der Waals surface area contributed by atoms with Crippen LogP contribution in [0.15, 0.2) is 0 Å². The van der Waals surface area contributed by atoms with Crippen LogP contribution < -0.4 is 0 Å². The van der Waals surface area contributed by atoms with Gasteiger partial charge in [-0.15, -0.1) is 0 Å². The zero-order valence-electron chi connectivity index (χ0n) is 16.0. The molecule has 1 spiro atoms. The third kappa shape index (κ3) is 2.22. The minimum atomic E-state index is -0.422. The maximum atomic E-state index is 12.7. The van der Waals surface area contributed by atoms with Gasteiger partial charge < -0.3 is 14.9 Å². The standard InChI is InChI=1S/C21H34O4/c1-19-6-4-7-20(2,18(24)25-3)16(19)5-8-21-10-13(14(11-21)12-22)9-15(23)17(19)21/h13-17,22-23H,4-12H2,1-3H3/t13-,14+,15-,16-,17-,19+,20+,21-/m0/s1. The Bertz CT molecular complexity index is 562. The number of methoxy groups -OCH3 is 1. The van der Waals surface area contributed by atoms with Crippen LogP contribution in [0.4, 0.5) is 0 Å². The zero-order chi connectivity index (χ0) is 18.0. The van der Waals surface area contributed by atoms with E-state index in [1.807, 2.05) is 0 Å². The van der Waals surface area contributed by atoms with Gasteiger partial charge in [0.2, 0.25) is 0 Å². The third-order valence-electron chi connectivity index (χ3n) is 9.10. The number of hydrogen-bond acceptors (Lipinski definition) is 4. The van der Waals surface area contributed by atoms with Gasteiger partial charge in [0.1, 0.15) is 0 Å². The molecular formula is C21H34O4. The van der Waals surface area contributed by atoms with Crippen molar-refractivity contribution < 1.29 is 19.7 Å². The van der Waals surface area contributed by atoms with Crippen LogP contribution in [-0.4, -0.2) is 36.0 Å². The second-order valence-corrected chi connectivity index (χ2v) is 10.1. The predicted molar refractivity (Wildman–Crippen MR) is 94.7 cm³/mol. The highest BCUT2D eigenvalue weighted by molar-refractivity contribution is 5.77. The Labute approximate surface area is 151 Å². The van der Waals surface area contributed by atoms with Crippen molar-refractivity contribution in [3.8, 4) is 0 Å². The van der Waals surface area contributed by atoms with E-state index in [4.69, 9.17) is 4.74 Å². The van der Waals surface area contributed by atoms with Crippen molar-refractivity contribution in [3.63, 3.8) is 0 Å². The van der Waals surface area contributed by atoms with Crippen molar-refractivity contribution in [3.05, 3.63) is 0 Å². The number of aliphatic hydroxyl groups is 2. The molecule has 0 aromatic carbocycles. The van der Waals surface area contributed by atoms with E-state index in [-0.39, 0.29) is 41.3 Å². The molecule has 2 bridgehead atoms. The molecule has 2 N–H and O–H groups in total. The molecule has 0 saturated heterocycles. The molecule has 4 aliphatic rings. The number of rotatable bonds is 2. The number of esters is 1. The molecule has 0 unspecified atom stereocenters. The smallest absolute Gasteiger partial charge is 0.311 e. The molecule has 4 nitrogen and oxygen atoms in total. The Morgan fingerprint density at radius 2 is 1.96 bits per heavy atom. The van der Waals surface area contributed by atoms with Crippen LogP contribution in [-0.2, 0) is 9.53 Å². The number of carbonyl (C=O) groups excluding carboxylic acids is 1. The SMILES string of the molecule is COC(=O)[C@]1(C)CCC[C@@]2(C)[C@@H]3[C@@H](O)C[C@H]4C[C@@]3(CC[C@@H]21)C[C@@H]4CO. The maximum absolute atomic E-state index is 12.7. The largest absolute Gasteiger partial charge is 0.469 e. The quantitative estimate of drug-likeness (QED) is 0.751. The number of ether oxygens (including phenoxy) is 1. The highest BCUT2D eigenvalue weighted by Crippen LogP contribution is 2.72. The maximum Gasteiger partial charge on any atom is 0.311 e. The van der Waals surface area contributed by atoms with Crippen LogP contribution >= 0.6 is 0 Å². The van der Waals surface area contributed by atoms with Gasteiger partial charge in [-0.05, 0) is 86.4 Å². The fraction of sp³-hybridized carbons (Fsp3) is 0.952. The normalized spacial score (nSPS) is 54.5. The van der Waals surface area contributed by atoms with E-state index in [1.165, 1.54) is 7.11 Å². The molecule has 8 atom stereocenters. The molecule has 4 aliphatic carbocycles. The van der Waals surface area contributed by atoms with E-state index >= 15 is 0 Å². The van der Waals surface area contributed by atoms with Crippen LogP contribution in [0.1, 0.15) is 65.2 Å². The number of carbonyl (C=O) groups is 1. The molecule has 0 aromatic heterocycles. The molecule has 0 amide bonds. The lowest BCUT2D eigenvalue weighted by Crippen LogP contribution is -2.61. The summed E-state index contributed by atoms with van der Waals surface area (Å²) in [5.74, 6) is 1.32. The summed E-state index contributed by atoms with van der Waals surface area (Å²) in [6.07, 6.45) is 7.94. The summed E-state index contributed by atoms with van der Waals surface area (Å²) < 4.78 is 5.21. The van der Waals surface area contributed by atoms with E-state index in [2.05, 4.69) is 13.8 Å². The summed E-state index contributed by atoms with van der Waals surface area (Å²) in [4.78, 5) is 12.7. The van der Waals surface area contributed by atoms with E-state index in [0.717, 1.165) is 51.4 Å². The first kappa shape index (κ1) is 17.8. The van der Waals surface area contributed by atoms with Gasteiger partial charge in [0.15, 0.2) is 0 Å². The minimum absolute atomic E-state index is 0.00578. The summed E-state index contributed by atoms with van der Waals surface area (Å²) in [5.41, 5.74) is -0.252. The summed E-state index contributed by atoms with van der Waals surface area (Å²) >= 11 is 0. The highest BCUT2D eigenvalue weighted by Gasteiger charge is 2.68. The molecule has 25 heavy (non-hydrogen) atoms.